The number of carbonyl (C=O) groups excluding carboxylic acids is 2. The molecule has 2 amide bonds. The van der Waals surface area contributed by atoms with Crippen molar-refractivity contribution in [2.24, 2.45) is 0 Å². The fourth-order valence-corrected chi connectivity index (χ4v) is 3.38. The SMILES string of the molecule is C=CCc1cc(/C=C2\C(=O)NC(=S)N(C)C2=O)cc(OC)c1OCc1ccccc1C#N. The van der Waals surface area contributed by atoms with E-state index in [0.717, 1.165) is 11.1 Å². The van der Waals surface area contributed by atoms with E-state index in [2.05, 4.69) is 18.0 Å². The number of hydrogen-bond donors (Lipinski definition) is 1. The average Bonchev–Trinajstić information content (AvgIpc) is 2.79. The molecule has 3 rings (SSSR count). The lowest BCUT2D eigenvalue weighted by atomic mass is 10.0. The fourth-order valence-electron chi connectivity index (χ4n) is 3.21. The topological polar surface area (TPSA) is 91.7 Å². The number of methoxy groups -OCH3 is 1. The van der Waals surface area contributed by atoms with Gasteiger partial charge in [-0.25, -0.2) is 0 Å². The van der Waals surface area contributed by atoms with Gasteiger partial charge in [0.15, 0.2) is 16.6 Å². The van der Waals surface area contributed by atoms with Crippen LogP contribution in [0.1, 0.15) is 22.3 Å². The Hall–Kier alpha value is -3.96. The van der Waals surface area contributed by atoms with Crippen LogP contribution in [0.25, 0.3) is 6.08 Å². The molecule has 0 aliphatic carbocycles. The average molecular weight is 448 g/mol. The zero-order valence-electron chi connectivity index (χ0n) is 17.7. The largest absolute Gasteiger partial charge is 0.493 e. The zero-order chi connectivity index (χ0) is 23.3. The smallest absolute Gasteiger partial charge is 0.265 e. The van der Waals surface area contributed by atoms with Gasteiger partial charge in [0.2, 0.25) is 0 Å². The van der Waals surface area contributed by atoms with E-state index >= 15 is 0 Å². The van der Waals surface area contributed by atoms with Gasteiger partial charge in [-0.2, -0.15) is 5.26 Å². The van der Waals surface area contributed by atoms with Gasteiger partial charge in [-0.05, 0) is 48.5 Å². The Balaban J connectivity index is 1.99. The first kappa shape index (κ1) is 22.7. The van der Waals surface area contributed by atoms with E-state index in [1.54, 1.807) is 30.3 Å². The number of carbonyl (C=O) groups is 2. The first-order valence-electron chi connectivity index (χ1n) is 9.67. The molecule has 162 valence electrons. The van der Waals surface area contributed by atoms with Crippen molar-refractivity contribution in [1.82, 2.24) is 10.2 Å². The van der Waals surface area contributed by atoms with E-state index in [1.807, 2.05) is 12.1 Å². The molecule has 0 spiro atoms. The number of nitriles is 1. The standard InChI is InChI=1S/C24H21N3O4S/c1-4-7-16-10-15(11-19-22(28)26-24(32)27(2)23(19)29)12-20(30-3)21(16)31-14-18-9-6-5-8-17(18)13-25/h4-6,8-12H,1,7,14H2,2-3H3,(H,26,28,32)/b19-11+. The molecular weight excluding hydrogens is 426 g/mol. The second-order valence-corrected chi connectivity index (χ2v) is 7.33. The number of nitrogens with zero attached hydrogens (tertiary/aromatic N) is 2. The van der Waals surface area contributed by atoms with Crippen LogP contribution in [-0.4, -0.2) is 36.0 Å². The number of amides is 2. The molecule has 0 saturated carbocycles. The minimum absolute atomic E-state index is 0.0377. The lowest BCUT2D eigenvalue weighted by Gasteiger charge is -2.25. The molecule has 1 aliphatic rings. The van der Waals surface area contributed by atoms with Gasteiger partial charge in [-0.15, -0.1) is 6.58 Å². The molecule has 1 fully saturated rings. The van der Waals surface area contributed by atoms with E-state index in [9.17, 15) is 14.9 Å². The summed E-state index contributed by atoms with van der Waals surface area (Å²) in [5.41, 5.74) is 2.58. The summed E-state index contributed by atoms with van der Waals surface area (Å²) in [6.45, 7) is 3.97. The van der Waals surface area contributed by atoms with Crippen LogP contribution >= 0.6 is 12.2 Å². The number of ether oxygens (including phenoxy) is 2. The predicted octanol–water partition coefficient (Wildman–Crippen LogP) is 3.13. The number of hydrogen-bond acceptors (Lipinski definition) is 6. The number of nitrogens with one attached hydrogen (secondary N) is 1. The van der Waals surface area contributed by atoms with E-state index < -0.39 is 11.8 Å². The summed E-state index contributed by atoms with van der Waals surface area (Å²) in [6.07, 6.45) is 3.67. The van der Waals surface area contributed by atoms with Gasteiger partial charge in [0.25, 0.3) is 11.8 Å². The van der Waals surface area contributed by atoms with Crippen LogP contribution < -0.4 is 14.8 Å². The quantitative estimate of drug-likeness (QED) is 0.304. The summed E-state index contributed by atoms with van der Waals surface area (Å²) in [4.78, 5) is 26.0. The van der Waals surface area contributed by atoms with Crippen LogP contribution in [0.3, 0.4) is 0 Å². The lowest BCUT2D eigenvalue weighted by molar-refractivity contribution is -0.128. The van der Waals surface area contributed by atoms with Crippen LogP contribution in [0, 0.1) is 11.3 Å². The van der Waals surface area contributed by atoms with Crippen molar-refractivity contribution in [2.75, 3.05) is 14.2 Å². The highest BCUT2D eigenvalue weighted by Crippen LogP contribution is 2.35. The number of rotatable bonds is 7. The van der Waals surface area contributed by atoms with Crippen LogP contribution in [0.15, 0.2) is 54.6 Å². The van der Waals surface area contributed by atoms with Crippen LogP contribution in [-0.2, 0) is 22.6 Å². The minimum atomic E-state index is -0.559. The van der Waals surface area contributed by atoms with Gasteiger partial charge in [0.05, 0.1) is 18.7 Å². The minimum Gasteiger partial charge on any atom is -0.493 e. The second-order valence-electron chi connectivity index (χ2n) is 6.94. The third-order valence-corrected chi connectivity index (χ3v) is 5.24. The summed E-state index contributed by atoms with van der Waals surface area (Å²) in [5.74, 6) is -0.120. The summed E-state index contributed by atoms with van der Waals surface area (Å²) >= 11 is 4.98. The lowest BCUT2D eigenvalue weighted by Crippen LogP contribution is -2.52. The zero-order valence-corrected chi connectivity index (χ0v) is 18.5. The summed E-state index contributed by atoms with van der Waals surface area (Å²) in [7, 11) is 3.00. The summed E-state index contributed by atoms with van der Waals surface area (Å²) < 4.78 is 11.6. The monoisotopic (exact) mass is 447 g/mol. The Morgan fingerprint density at radius 2 is 2.00 bits per heavy atom. The first-order chi connectivity index (χ1) is 15.4. The fraction of sp³-hybridized carbons (Fsp3) is 0.167. The highest BCUT2D eigenvalue weighted by atomic mass is 32.1. The second kappa shape index (κ2) is 9.90. The van der Waals surface area contributed by atoms with E-state index in [0.29, 0.717) is 29.0 Å². The van der Waals surface area contributed by atoms with Crippen molar-refractivity contribution < 1.29 is 19.1 Å². The first-order valence-corrected chi connectivity index (χ1v) is 10.1. The molecule has 32 heavy (non-hydrogen) atoms. The molecule has 0 unspecified atom stereocenters. The molecule has 8 heteroatoms. The Bertz CT molecular complexity index is 1180. The molecule has 0 aromatic heterocycles. The molecule has 7 nitrogen and oxygen atoms in total. The maximum atomic E-state index is 12.5. The molecule has 0 radical (unpaired) electrons. The van der Waals surface area contributed by atoms with E-state index in [4.69, 9.17) is 21.7 Å². The van der Waals surface area contributed by atoms with Gasteiger partial charge in [0.1, 0.15) is 12.2 Å². The maximum absolute atomic E-state index is 12.5. The molecule has 1 heterocycles. The highest BCUT2D eigenvalue weighted by molar-refractivity contribution is 7.80. The molecule has 0 atom stereocenters. The van der Waals surface area contributed by atoms with Crippen LogP contribution in [0.2, 0.25) is 0 Å². The molecule has 2 aromatic rings. The predicted molar refractivity (Wildman–Crippen MR) is 124 cm³/mol. The Labute approximate surface area is 191 Å². The van der Waals surface area contributed by atoms with Crippen LogP contribution in [0.5, 0.6) is 11.5 Å². The molecule has 1 aliphatic heterocycles. The van der Waals surface area contributed by atoms with Gasteiger partial charge >= 0.3 is 0 Å². The Kier molecular flexibility index (Phi) is 7.03. The van der Waals surface area contributed by atoms with Crippen molar-refractivity contribution in [3.05, 3.63) is 76.9 Å². The van der Waals surface area contributed by atoms with Gasteiger partial charge in [-0.3, -0.25) is 19.8 Å². The number of thiocarbonyl (C=S) groups is 1. The molecular formula is C24H21N3O4S. The van der Waals surface area contributed by atoms with Gasteiger partial charge in [0, 0.05) is 18.2 Å². The highest BCUT2D eigenvalue weighted by Gasteiger charge is 2.30. The molecule has 2 aromatic carbocycles. The van der Waals surface area contributed by atoms with Crippen molar-refractivity contribution in [1.29, 1.82) is 5.26 Å². The van der Waals surface area contributed by atoms with E-state index in [1.165, 1.54) is 25.1 Å². The Morgan fingerprint density at radius 3 is 2.69 bits per heavy atom. The van der Waals surface area contributed by atoms with Gasteiger partial charge in [-0.1, -0.05) is 24.3 Å². The molecule has 0 bridgehead atoms. The van der Waals surface area contributed by atoms with Crippen molar-refractivity contribution in [2.45, 2.75) is 13.0 Å². The number of allylic oxidation sites excluding steroid dienone is 1. The number of likely N-dealkylation sites (N-methyl/N-ethyl adjacent to an activating group) is 1. The van der Waals surface area contributed by atoms with Crippen molar-refractivity contribution >= 4 is 35.2 Å². The van der Waals surface area contributed by atoms with Gasteiger partial charge < -0.3 is 9.47 Å². The van der Waals surface area contributed by atoms with Crippen LogP contribution in [0.4, 0.5) is 0 Å². The van der Waals surface area contributed by atoms with Crippen molar-refractivity contribution in [3.8, 4) is 17.6 Å². The summed E-state index contributed by atoms with van der Waals surface area (Å²) in [6, 6.07) is 12.8. The maximum Gasteiger partial charge on any atom is 0.265 e. The molecule has 1 N–H and O–H groups in total. The van der Waals surface area contributed by atoms with E-state index in [-0.39, 0.29) is 17.3 Å². The third-order valence-electron chi connectivity index (χ3n) is 4.86. The summed E-state index contributed by atoms with van der Waals surface area (Å²) in [5, 5.41) is 11.9. The number of benzene rings is 2. The normalized spacial score (nSPS) is 14.7. The molecule has 1 saturated heterocycles. The van der Waals surface area contributed by atoms with Crippen molar-refractivity contribution in [3.63, 3.8) is 0 Å². The third kappa shape index (κ3) is 4.68. The Morgan fingerprint density at radius 1 is 1.25 bits per heavy atom.